The number of likely N-dealkylation sites (tertiary alicyclic amines) is 1. The number of pyridine rings is 1. The summed E-state index contributed by atoms with van der Waals surface area (Å²) >= 11 is 6.92. The summed E-state index contributed by atoms with van der Waals surface area (Å²) in [5.41, 5.74) is 0.514. The van der Waals surface area contributed by atoms with E-state index in [-0.39, 0.29) is 60.7 Å². The van der Waals surface area contributed by atoms with Gasteiger partial charge in [-0.2, -0.15) is 23.1 Å². The van der Waals surface area contributed by atoms with E-state index in [4.69, 9.17) is 25.8 Å². The van der Waals surface area contributed by atoms with Crippen molar-refractivity contribution in [1.82, 2.24) is 24.8 Å². The lowest BCUT2D eigenvalue weighted by atomic mass is 10.0. The number of aromatic nitrogens is 3. The lowest BCUT2D eigenvalue weighted by molar-refractivity contribution is -0.137. The molecule has 2 aliphatic heterocycles. The van der Waals surface area contributed by atoms with Crippen LogP contribution in [0.3, 0.4) is 0 Å². The number of anilines is 2. The number of fused-ring (bicyclic) bond motifs is 1. The standard InChI is InChI=1S/C41H42ClF4N7O5/c1-50-15-14-33(43)35(50)24-58-39-47-34-21-29(32(42)20-30(34)38(49-39)51-16-18-52(19-17-51)40(54)55)37-31(41(44,45)46)12-13-36(48-37)53(22-25-4-8-27(56-2)9-5-25)23-26-6-10-28(57-3)11-7-26/h4-13,20-21,33,35H,14-19,22-24H2,1-3H3,(H,54,55)/t33-,35+/m0/s1. The third kappa shape index (κ3) is 8.92. The van der Waals surface area contributed by atoms with E-state index in [1.807, 2.05) is 63.2 Å². The Bertz CT molecular complexity index is 2180. The van der Waals surface area contributed by atoms with Crippen LogP contribution in [0.1, 0.15) is 23.1 Å². The van der Waals surface area contributed by atoms with Gasteiger partial charge < -0.3 is 34.0 Å². The van der Waals surface area contributed by atoms with Crippen LogP contribution in [-0.2, 0) is 19.3 Å². The van der Waals surface area contributed by atoms with E-state index in [2.05, 4.69) is 15.0 Å². The quantitative estimate of drug-likeness (QED) is 0.124. The fourth-order valence-corrected chi connectivity index (χ4v) is 7.49. The molecule has 0 unspecified atom stereocenters. The summed E-state index contributed by atoms with van der Waals surface area (Å²) in [6.45, 7) is 2.01. The van der Waals surface area contributed by atoms with Gasteiger partial charge in [-0.1, -0.05) is 35.9 Å². The molecule has 12 nitrogen and oxygen atoms in total. The van der Waals surface area contributed by atoms with Crippen molar-refractivity contribution >= 4 is 40.2 Å². The number of hydrogen-bond donors (Lipinski definition) is 1. The number of likely N-dealkylation sites (N-methyl/N-ethyl adjacent to an activating group) is 1. The summed E-state index contributed by atoms with van der Waals surface area (Å²) in [5.74, 6) is 1.94. The molecule has 1 amide bonds. The Morgan fingerprint density at radius 3 is 2.03 bits per heavy atom. The van der Waals surface area contributed by atoms with E-state index in [0.29, 0.717) is 48.8 Å². The van der Waals surface area contributed by atoms with Crippen molar-refractivity contribution in [2.24, 2.45) is 0 Å². The smallest absolute Gasteiger partial charge is 0.418 e. The maximum atomic E-state index is 14.9. The third-order valence-electron chi connectivity index (χ3n) is 10.5. The van der Waals surface area contributed by atoms with Crippen LogP contribution in [0.2, 0.25) is 5.02 Å². The van der Waals surface area contributed by atoms with Gasteiger partial charge in [0.05, 0.1) is 42.1 Å². The van der Waals surface area contributed by atoms with Crippen molar-refractivity contribution in [3.05, 3.63) is 94.5 Å². The van der Waals surface area contributed by atoms with E-state index in [9.17, 15) is 27.5 Å². The lowest BCUT2D eigenvalue weighted by Crippen LogP contribution is -2.48. The Kier molecular flexibility index (Phi) is 12.0. The molecule has 3 aromatic carbocycles. The molecule has 1 N–H and O–H groups in total. The molecule has 2 saturated heterocycles. The largest absolute Gasteiger partial charge is 0.497 e. The molecule has 0 saturated carbocycles. The van der Waals surface area contributed by atoms with Gasteiger partial charge in [-0.05, 0) is 73.1 Å². The molecule has 2 aromatic heterocycles. The number of methoxy groups -OCH3 is 2. The van der Waals surface area contributed by atoms with Crippen LogP contribution in [0.15, 0.2) is 72.8 Å². The molecule has 4 heterocycles. The Morgan fingerprint density at radius 1 is 0.879 bits per heavy atom. The molecule has 2 atom stereocenters. The Hall–Kier alpha value is -5.61. The van der Waals surface area contributed by atoms with E-state index in [1.165, 1.54) is 23.1 Å². The highest BCUT2D eigenvalue weighted by Crippen LogP contribution is 2.42. The number of alkyl halides is 4. The Morgan fingerprint density at radius 2 is 1.50 bits per heavy atom. The summed E-state index contributed by atoms with van der Waals surface area (Å²) in [7, 11) is 4.93. The summed E-state index contributed by atoms with van der Waals surface area (Å²) in [6.07, 6.45) is -6.61. The van der Waals surface area contributed by atoms with Crippen LogP contribution >= 0.6 is 11.6 Å². The highest BCUT2D eigenvalue weighted by molar-refractivity contribution is 6.34. The van der Waals surface area contributed by atoms with Crippen LogP contribution in [0.5, 0.6) is 17.5 Å². The van der Waals surface area contributed by atoms with Gasteiger partial charge in [0.1, 0.15) is 35.9 Å². The van der Waals surface area contributed by atoms with Crippen molar-refractivity contribution in [2.75, 3.05) is 70.4 Å². The van der Waals surface area contributed by atoms with Crippen molar-refractivity contribution in [2.45, 2.75) is 37.9 Å². The van der Waals surface area contributed by atoms with E-state index < -0.39 is 35.7 Å². The van der Waals surface area contributed by atoms with Gasteiger partial charge in [0, 0.05) is 56.8 Å². The number of halogens is 5. The highest BCUT2D eigenvalue weighted by atomic mass is 35.5. The average Bonchev–Trinajstić information content (AvgIpc) is 3.54. The van der Waals surface area contributed by atoms with Gasteiger partial charge in [0.15, 0.2) is 0 Å². The number of carboxylic acid groups (broad SMARTS) is 1. The monoisotopic (exact) mass is 823 g/mol. The molecule has 58 heavy (non-hydrogen) atoms. The summed E-state index contributed by atoms with van der Waals surface area (Å²) in [5, 5.41) is 9.92. The molecule has 5 aromatic rings. The first-order valence-electron chi connectivity index (χ1n) is 18.6. The van der Waals surface area contributed by atoms with Crippen LogP contribution in [-0.4, -0.2) is 109 Å². The molecular weight excluding hydrogens is 782 g/mol. The van der Waals surface area contributed by atoms with Gasteiger partial charge >= 0.3 is 18.3 Å². The molecule has 0 bridgehead atoms. The minimum absolute atomic E-state index is 0.0252. The number of benzene rings is 3. The number of amides is 1. The molecular formula is C41H42ClF4N7O5. The van der Waals surface area contributed by atoms with Crippen LogP contribution in [0, 0.1) is 0 Å². The molecule has 0 spiro atoms. The fourth-order valence-electron chi connectivity index (χ4n) is 7.24. The zero-order valence-electron chi connectivity index (χ0n) is 32.0. The molecule has 0 radical (unpaired) electrons. The number of nitrogens with zero attached hydrogens (tertiary/aromatic N) is 7. The van der Waals surface area contributed by atoms with Gasteiger partial charge in [-0.15, -0.1) is 0 Å². The number of piperazine rings is 1. The Labute approximate surface area is 337 Å². The van der Waals surface area contributed by atoms with Gasteiger partial charge in [-0.3, -0.25) is 4.90 Å². The topological polar surface area (TPSA) is 117 Å². The van der Waals surface area contributed by atoms with Crippen LogP contribution in [0.25, 0.3) is 22.2 Å². The zero-order valence-corrected chi connectivity index (χ0v) is 32.8. The molecule has 17 heteroatoms. The first-order chi connectivity index (χ1) is 27.8. The number of hydrogen-bond acceptors (Lipinski definition) is 10. The first-order valence-corrected chi connectivity index (χ1v) is 19.0. The minimum Gasteiger partial charge on any atom is -0.497 e. The molecule has 0 aliphatic carbocycles. The van der Waals surface area contributed by atoms with Crippen molar-refractivity contribution in [1.29, 1.82) is 0 Å². The molecule has 2 aliphatic rings. The zero-order chi connectivity index (χ0) is 41.1. The third-order valence-corrected chi connectivity index (χ3v) is 10.9. The molecule has 306 valence electrons. The van der Waals surface area contributed by atoms with Crippen molar-refractivity contribution < 1.29 is 41.7 Å². The molecule has 2 fully saturated rings. The Balaban J connectivity index is 1.32. The van der Waals surface area contributed by atoms with E-state index >= 15 is 0 Å². The second kappa shape index (κ2) is 17.1. The maximum Gasteiger partial charge on any atom is 0.418 e. The van der Waals surface area contributed by atoms with Crippen molar-refractivity contribution in [3.63, 3.8) is 0 Å². The highest BCUT2D eigenvalue weighted by Gasteiger charge is 2.37. The number of ether oxygens (including phenoxy) is 3. The normalized spacial score (nSPS) is 17.4. The van der Waals surface area contributed by atoms with Gasteiger partial charge in [0.25, 0.3) is 0 Å². The second-order valence-electron chi connectivity index (χ2n) is 14.2. The second-order valence-corrected chi connectivity index (χ2v) is 14.6. The summed E-state index contributed by atoms with van der Waals surface area (Å²) < 4.78 is 76.0. The minimum atomic E-state index is -4.80. The summed E-state index contributed by atoms with van der Waals surface area (Å²) in [6, 6.07) is 19.4. The van der Waals surface area contributed by atoms with Gasteiger partial charge in [-0.25, -0.2) is 14.2 Å². The average molecular weight is 824 g/mol. The molecule has 7 rings (SSSR count). The van der Waals surface area contributed by atoms with E-state index in [1.54, 1.807) is 21.3 Å². The van der Waals surface area contributed by atoms with Crippen molar-refractivity contribution in [3.8, 4) is 28.8 Å². The van der Waals surface area contributed by atoms with Gasteiger partial charge in [0.2, 0.25) is 0 Å². The number of rotatable bonds is 12. The summed E-state index contributed by atoms with van der Waals surface area (Å²) in [4.78, 5) is 32.4. The van der Waals surface area contributed by atoms with Crippen LogP contribution < -0.4 is 24.0 Å². The van der Waals surface area contributed by atoms with E-state index in [0.717, 1.165) is 17.2 Å². The van der Waals surface area contributed by atoms with Crippen LogP contribution in [0.4, 0.5) is 34.0 Å². The first kappa shape index (κ1) is 40.6. The SMILES string of the molecule is COc1ccc(CN(Cc2ccc(OC)cc2)c2ccc(C(F)(F)F)c(-c3cc4nc(OC[C@@H]5[C@@H](F)CCN5C)nc(N5CCN(C(=O)O)CC5)c4cc3Cl)n2)cc1. The predicted molar refractivity (Wildman–Crippen MR) is 212 cm³/mol. The fraction of sp³-hybridized carbons (Fsp3) is 0.366. The predicted octanol–water partition coefficient (Wildman–Crippen LogP) is 7.81. The number of carbonyl (C=O) groups is 1. The maximum absolute atomic E-state index is 14.9. The lowest BCUT2D eigenvalue weighted by Gasteiger charge is -2.34.